The second kappa shape index (κ2) is 9.26. The van der Waals surface area contributed by atoms with Crippen molar-refractivity contribution in [3.63, 3.8) is 0 Å². The van der Waals surface area contributed by atoms with Crippen LogP contribution in [0.2, 0.25) is 39.3 Å². The normalized spacial score (nSPS) is 10.1. The van der Waals surface area contributed by atoms with Gasteiger partial charge in [-0.25, -0.2) is 9.97 Å². The zero-order valence-corrected chi connectivity index (χ0v) is 19.4. The summed E-state index contributed by atoms with van der Waals surface area (Å²) in [5.74, 6) is 17.7. The second-order valence-corrected chi connectivity index (χ2v) is 17.8. The minimum absolute atomic E-state index is 0.682. The van der Waals surface area contributed by atoms with Crippen LogP contribution in [0.3, 0.4) is 0 Å². The van der Waals surface area contributed by atoms with Crippen molar-refractivity contribution in [2.24, 2.45) is 0 Å². The van der Waals surface area contributed by atoms with Crippen molar-refractivity contribution in [3.8, 4) is 58.0 Å². The number of aromatic nitrogens is 2. The van der Waals surface area contributed by atoms with Crippen molar-refractivity contribution in [2.45, 2.75) is 39.3 Å². The molecule has 0 amide bonds. The fraction of sp³-hybridized carbons (Fsp3) is 0.250. The highest BCUT2D eigenvalue weighted by Gasteiger charge is 2.07. The van der Waals surface area contributed by atoms with E-state index in [2.05, 4.69) is 95.9 Å². The first-order chi connectivity index (χ1) is 13.1. The predicted octanol–water partition coefficient (Wildman–Crippen LogP) is 4.61. The molecule has 0 aliphatic heterocycles. The van der Waals surface area contributed by atoms with E-state index in [1.807, 2.05) is 36.4 Å². The molecule has 0 saturated carbocycles. The summed E-state index contributed by atoms with van der Waals surface area (Å²) in [5.41, 5.74) is 9.36. The average Bonchev–Trinajstić information content (AvgIpc) is 2.61. The number of pyridine rings is 2. The Bertz CT molecular complexity index is 1010. The average molecular weight is 397 g/mol. The van der Waals surface area contributed by atoms with Gasteiger partial charge in [0.1, 0.15) is 27.5 Å². The maximum absolute atomic E-state index is 4.58. The molecule has 2 rings (SSSR count). The van der Waals surface area contributed by atoms with Gasteiger partial charge in [0.15, 0.2) is 0 Å². The first-order valence-corrected chi connectivity index (χ1v) is 16.1. The summed E-state index contributed by atoms with van der Waals surface area (Å²) in [7, 11) is -2.81. The minimum Gasteiger partial charge on any atom is -0.238 e. The smallest absolute Gasteiger partial charge is 0.130 e. The van der Waals surface area contributed by atoms with E-state index in [0.717, 1.165) is 11.4 Å². The fourth-order valence-corrected chi connectivity index (χ4v) is 2.80. The number of hydrogen-bond acceptors (Lipinski definition) is 2. The zero-order chi connectivity index (χ0) is 20.6. The monoisotopic (exact) mass is 396 g/mol. The molecule has 0 atom stereocenters. The maximum atomic E-state index is 4.58. The van der Waals surface area contributed by atoms with Crippen LogP contribution in [0.25, 0.3) is 11.4 Å². The van der Waals surface area contributed by atoms with E-state index in [1.54, 1.807) is 0 Å². The SMILES string of the molecule is C[Si](C)(C)C#CC#Cc1cccc(-c2cccc(C#CC#C[Si](C)(C)C)n2)n1. The molecular formula is C24H24N2Si2. The Morgan fingerprint density at radius 3 is 1.32 bits per heavy atom. The highest BCUT2D eigenvalue weighted by Crippen LogP contribution is 2.14. The van der Waals surface area contributed by atoms with Crippen molar-refractivity contribution in [1.29, 1.82) is 0 Å². The lowest BCUT2D eigenvalue weighted by molar-refractivity contribution is 1.21. The lowest BCUT2D eigenvalue weighted by Gasteiger charge is -2.02. The summed E-state index contributed by atoms with van der Waals surface area (Å²) < 4.78 is 0. The highest BCUT2D eigenvalue weighted by molar-refractivity contribution is 6.84. The van der Waals surface area contributed by atoms with Crippen molar-refractivity contribution in [1.82, 2.24) is 9.97 Å². The zero-order valence-electron chi connectivity index (χ0n) is 17.4. The van der Waals surface area contributed by atoms with Gasteiger partial charge in [-0.05, 0) is 59.8 Å². The number of nitrogens with zero attached hydrogens (tertiary/aromatic N) is 2. The van der Waals surface area contributed by atoms with Gasteiger partial charge in [0.2, 0.25) is 0 Å². The van der Waals surface area contributed by atoms with Gasteiger partial charge < -0.3 is 0 Å². The standard InChI is InChI=1S/C24H24N2Si2/c1-27(2,3)19-9-7-13-21-15-11-17-23(25-21)24-18-12-16-22(26-24)14-8-10-20-28(4,5)6/h11-12,15-18H,1-6H3. The number of rotatable bonds is 1. The molecule has 0 aromatic carbocycles. The second-order valence-electron chi connectivity index (χ2n) is 8.32. The molecule has 0 spiro atoms. The van der Waals surface area contributed by atoms with E-state index < -0.39 is 16.1 Å². The molecule has 28 heavy (non-hydrogen) atoms. The van der Waals surface area contributed by atoms with E-state index in [1.165, 1.54) is 0 Å². The molecule has 0 N–H and O–H groups in total. The van der Waals surface area contributed by atoms with Crippen molar-refractivity contribution < 1.29 is 0 Å². The Morgan fingerprint density at radius 2 is 0.964 bits per heavy atom. The van der Waals surface area contributed by atoms with Crippen LogP contribution >= 0.6 is 0 Å². The van der Waals surface area contributed by atoms with Crippen LogP contribution in [0.4, 0.5) is 0 Å². The quantitative estimate of drug-likeness (QED) is 0.520. The first kappa shape index (κ1) is 21.3. The summed E-state index contributed by atoms with van der Waals surface area (Å²) >= 11 is 0. The van der Waals surface area contributed by atoms with Gasteiger partial charge in [0.25, 0.3) is 0 Å². The van der Waals surface area contributed by atoms with Crippen LogP contribution in [0.5, 0.6) is 0 Å². The van der Waals surface area contributed by atoms with Crippen LogP contribution in [0.1, 0.15) is 11.4 Å². The fourth-order valence-electron chi connectivity index (χ4n) is 1.92. The van der Waals surface area contributed by atoms with Crippen LogP contribution in [0, 0.1) is 46.6 Å². The molecule has 138 valence electrons. The minimum atomic E-state index is -1.40. The Hall–Kier alpha value is -3.03. The van der Waals surface area contributed by atoms with Gasteiger partial charge >= 0.3 is 0 Å². The summed E-state index contributed by atoms with van der Waals surface area (Å²) in [6.07, 6.45) is 0. The third-order valence-electron chi connectivity index (χ3n) is 3.14. The van der Waals surface area contributed by atoms with Gasteiger partial charge in [-0.1, -0.05) is 51.4 Å². The van der Waals surface area contributed by atoms with Crippen LogP contribution < -0.4 is 0 Å². The lowest BCUT2D eigenvalue weighted by atomic mass is 10.2. The summed E-state index contributed by atoms with van der Waals surface area (Å²) in [6.45, 7) is 13.2. The van der Waals surface area contributed by atoms with E-state index in [9.17, 15) is 0 Å². The van der Waals surface area contributed by atoms with Crippen LogP contribution in [-0.2, 0) is 0 Å². The summed E-state index contributed by atoms with van der Waals surface area (Å²) in [5, 5.41) is 0. The molecule has 0 unspecified atom stereocenters. The van der Waals surface area contributed by atoms with Gasteiger partial charge in [-0.3, -0.25) is 0 Å². The molecule has 2 aromatic heterocycles. The molecule has 0 fully saturated rings. The summed E-state index contributed by atoms with van der Waals surface area (Å²) in [6, 6.07) is 11.5. The Kier molecular flexibility index (Phi) is 7.03. The molecule has 4 heteroatoms. The molecular weight excluding hydrogens is 372 g/mol. The molecule has 0 aliphatic rings. The predicted molar refractivity (Wildman–Crippen MR) is 123 cm³/mol. The lowest BCUT2D eigenvalue weighted by Crippen LogP contribution is -2.16. The molecule has 0 aliphatic carbocycles. The third kappa shape index (κ3) is 8.11. The Morgan fingerprint density at radius 1 is 0.571 bits per heavy atom. The molecule has 2 nitrogen and oxygen atoms in total. The molecule has 0 radical (unpaired) electrons. The summed E-state index contributed by atoms with van der Waals surface area (Å²) in [4.78, 5) is 9.17. The largest absolute Gasteiger partial charge is 0.238 e. The number of hydrogen-bond donors (Lipinski definition) is 0. The molecule has 2 aromatic rings. The highest BCUT2D eigenvalue weighted by atomic mass is 28.3. The van der Waals surface area contributed by atoms with Crippen molar-refractivity contribution in [2.75, 3.05) is 0 Å². The van der Waals surface area contributed by atoms with Crippen molar-refractivity contribution in [3.05, 3.63) is 47.8 Å². The van der Waals surface area contributed by atoms with Gasteiger partial charge in [0, 0.05) is 0 Å². The third-order valence-corrected chi connectivity index (χ3v) is 4.89. The van der Waals surface area contributed by atoms with E-state index in [-0.39, 0.29) is 0 Å². The Balaban J connectivity index is 2.25. The van der Waals surface area contributed by atoms with Crippen LogP contribution in [0.15, 0.2) is 36.4 Å². The first-order valence-electron chi connectivity index (χ1n) is 9.13. The van der Waals surface area contributed by atoms with E-state index in [0.29, 0.717) is 11.4 Å². The topological polar surface area (TPSA) is 25.8 Å². The van der Waals surface area contributed by atoms with E-state index in [4.69, 9.17) is 0 Å². The van der Waals surface area contributed by atoms with Gasteiger partial charge in [0.05, 0.1) is 11.4 Å². The molecule has 2 heterocycles. The maximum Gasteiger partial charge on any atom is 0.130 e. The van der Waals surface area contributed by atoms with Crippen molar-refractivity contribution >= 4 is 16.1 Å². The van der Waals surface area contributed by atoms with Gasteiger partial charge in [-0.15, -0.1) is 11.1 Å². The van der Waals surface area contributed by atoms with E-state index >= 15 is 0 Å². The molecule has 0 saturated heterocycles. The molecule has 0 bridgehead atoms. The van der Waals surface area contributed by atoms with Crippen LogP contribution in [-0.4, -0.2) is 26.1 Å². The van der Waals surface area contributed by atoms with Gasteiger partial charge in [-0.2, -0.15) is 0 Å². The Labute approximate surface area is 171 Å².